The first kappa shape index (κ1) is 23.9. The van der Waals surface area contributed by atoms with Gasteiger partial charge in [-0.05, 0) is 0 Å². The van der Waals surface area contributed by atoms with Crippen LogP contribution in [-0.4, -0.2) is 59.5 Å². The van der Waals surface area contributed by atoms with Crippen molar-refractivity contribution in [2.24, 2.45) is 5.92 Å². The van der Waals surface area contributed by atoms with Crippen molar-refractivity contribution in [3.63, 3.8) is 0 Å². The molecule has 2 aromatic rings. The molecule has 32 heavy (non-hydrogen) atoms. The Hall–Kier alpha value is -1.24. The van der Waals surface area contributed by atoms with Crippen LogP contribution in [0, 0.1) is 5.92 Å². The fraction of sp³-hybridized carbons (Fsp3) is 0.571. The van der Waals surface area contributed by atoms with E-state index in [-0.39, 0.29) is 40.3 Å². The Kier molecular flexibility index (Phi) is 6.86. The van der Waals surface area contributed by atoms with Gasteiger partial charge >= 0.3 is 201 Å². The van der Waals surface area contributed by atoms with Crippen molar-refractivity contribution < 1.29 is 22.8 Å². The molecule has 2 aliphatic carbocycles. The number of rotatable bonds is 8. The van der Waals surface area contributed by atoms with Gasteiger partial charge in [0.05, 0.1) is 0 Å². The number of carbonyl (C=O) groups is 2. The third-order valence-electron chi connectivity index (χ3n) is 5.95. The van der Waals surface area contributed by atoms with Gasteiger partial charge in [-0.1, -0.05) is 0 Å². The van der Waals surface area contributed by atoms with Crippen LogP contribution in [-0.2, 0) is 11.0 Å². The molecule has 5 nitrogen and oxygen atoms in total. The van der Waals surface area contributed by atoms with E-state index in [0.29, 0.717) is 16.2 Å². The number of pyridine rings is 1. The molecule has 174 valence electrons. The number of amides is 1. The number of aromatic nitrogens is 2. The molecular formula is C21H23AsCl2F3N3O2. The Morgan fingerprint density at radius 3 is 2.56 bits per heavy atom. The number of hydrogen-bond donors (Lipinski definition) is 0. The van der Waals surface area contributed by atoms with Crippen LogP contribution in [0.4, 0.5) is 13.2 Å². The minimum absolute atomic E-state index is 0.0206. The SMILES string of the molecule is CC1CC([AsH]C(=O)CN(CCCl)C(=O)c2nc3c(C(F)(F)F)cc(C4CC4)cn3c2Cl)C1. The average molecular weight is 552 g/mol. The first-order chi connectivity index (χ1) is 15.1. The fourth-order valence-electron chi connectivity index (χ4n) is 4.09. The van der Waals surface area contributed by atoms with E-state index >= 15 is 0 Å². The van der Waals surface area contributed by atoms with E-state index in [1.165, 1.54) is 11.1 Å². The van der Waals surface area contributed by atoms with Gasteiger partial charge in [0, 0.05) is 0 Å². The van der Waals surface area contributed by atoms with Gasteiger partial charge in [0.1, 0.15) is 0 Å². The number of fused-ring (bicyclic) bond motifs is 1. The molecule has 0 aromatic carbocycles. The van der Waals surface area contributed by atoms with E-state index in [2.05, 4.69) is 11.9 Å². The normalized spacial score (nSPS) is 21.3. The van der Waals surface area contributed by atoms with Gasteiger partial charge < -0.3 is 0 Å². The van der Waals surface area contributed by atoms with Gasteiger partial charge in [0.2, 0.25) is 0 Å². The van der Waals surface area contributed by atoms with Crippen molar-refractivity contribution >= 4 is 55.1 Å². The Morgan fingerprint density at radius 1 is 1.31 bits per heavy atom. The van der Waals surface area contributed by atoms with E-state index in [9.17, 15) is 22.8 Å². The van der Waals surface area contributed by atoms with Gasteiger partial charge in [-0.15, -0.1) is 0 Å². The third-order valence-corrected chi connectivity index (χ3v) is 9.34. The molecule has 2 heterocycles. The van der Waals surface area contributed by atoms with Gasteiger partial charge in [-0.25, -0.2) is 0 Å². The summed E-state index contributed by atoms with van der Waals surface area (Å²) in [5.74, 6) is 0.103. The van der Waals surface area contributed by atoms with Crippen molar-refractivity contribution in [1.29, 1.82) is 0 Å². The number of imidazole rings is 1. The second-order valence-electron chi connectivity index (χ2n) is 8.66. The number of alkyl halides is 4. The summed E-state index contributed by atoms with van der Waals surface area (Å²) in [6.07, 6.45) is 0.590. The van der Waals surface area contributed by atoms with E-state index in [4.69, 9.17) is 23.2 Å². The van der Waals surface area contributed by atoms with Gasteiger partial charge in [-0.2, -0.15) is 0 Å². The maximum absolute atomic E-state index is 13.7. The van der Waals surface area contributed by atoms with Crippen molar-refractivity contribution in [3.8, 4) is 0 Å². The van der Waals surface area contributed by atoms with E-state index in [1.807, 2.05) is 0 Å². The summed E-state index contributed by atoms with van der Waals surface area (Å²) in [5, 5.41) is -0.186. The molecule has 0 aliphatic heterocycles. The van der Waals surface area contributed by atoms with Crippen LogP contribution < -0.4 is 0 Å². The average Bonchev–Trinajstić information content (AvgIpc) is 3.49. The number of nitrogens with zero attached hydrogens (tertiary/aromatic N) is 3. The summed E-state index contributed by atoms with van der Waals surface area (Å²) < 4.78 is 42.7. The Morgan fingerprint density at radius 2 is 2.00 bits per heavy atom. The molecule has 2 aliphatic rings. The summed E-state index contributed by atoms with van der Waals surface area (Å²) in [5.41, 5.74) is -1.10. The maximum atomic E-state index is 13.7. The van der Waals surface area contributed by atoms with Crippen LogP contribution in [0.5, 0.6) is 0 Å². The Labute approximate surface area is 200 Å². The Bertz CT molecular complexity index is 1050. The zero-order chi connectivity index (χ0) is 23.2. The molecule has 4 rings (SSSR count). The van der Waals surface area contributed by atoms with Crippen LogP contribution in [0.25, 0.3) is 5.65 Å². The van der Waals surface area contributed by atoms with Crippen molar-refractivity contribution in [2.45, 2.75) is 49.4 Å². The number of carbonyl (C=O) groups excluding carboxylic acids is 2. The second kappa shape index (κ2) is 9.19. The first-order valence-corrected chi connectivity index (χ1v) is 13.7. The van der Waals surface area contributed by atoms with Gasteiger partial charge in [0.25, 0.3) is 0 Å². The Balaban J connectivity index is 1.63. The molecule has 0 N–H and O–H groups in total. The molecule has 11 heteroatoms. The van der Waals surface area contributed by atoms with Crippen LogP contribution >= 0.6 is 23.2 Å². The predicted molar refractivity (Wildman–Crippen MR) is 118 cm³/mol. The third kappa shape index (κ3) is 4.97. The predicted octanol–water partition coefficient (Wildman–Crippen LogP) is 4.75. The molecule has 2 fully saturated rings. The zero-order valence-electron chi connectivity index (χ0n) is 17.4. The summed E-state index contributed by atoms with van der Waals surface area (Å²) in [6.45, 7) is 2.12. The van der Waals surface area contributed by atoms with E-state index < -0.39 is 39.0 Å². The second-order valence-corrected chi connectivity index (χ2v) is 12.9. The van der Waals surface area contributed by atoms with Crippen LogP contribution in [0.1, 0.15) is 60.1 Å². The molecule has 1 atom stereocenters. The molecule has 2 aromatic heterocycles. The topological polar surface area (TPSA) is 54.7 Å². The monoisotopic (exact) mass is 551 g/mol. The molecule has 2 saturated carbocycles. The van der Waals surface area contributed by atoms with Gasteiger partial charge in [-0.3, -0.25) is 0 Å². The standard InChI is InChI=1S/C21H23AsCl2F3N3O2/c1-11-6-14(7-11)22-16(31)10-29(5-4-23)20(32)17-18(24)30-9-13(12-2-3-12)8-15(19(30)28-17)21(25,26)27/h8-9,11-12,14,22H,2-7,10H2,1H3. The number of halogens is 5. The van der Waals surface area contributed by atoms with Crippen molar-refractivity contribution in [1.82, 2.24) is 14.3 Å². The number of hydrogen-bond acceptors (Lipinski definition) is 3. The summed E-state index contributed by atoms with van der Waals surface area (Å²) >= 11 is 11.3. The van der Waals surface area contributed by atoms with Crippen molar-refractivity contribution in [2.75, 3.05) is 19.0 Å². The van der Waals surface area contributed by atoms with Crippen LogP contribution in [0.3, 0.4) is 0 Å². The summed E-state index contributed by atoms with van der Waals surface area (Å²) in [7, 11) is 0. The van der Waals surface area contributed by atoms with Gasteiger partial charge in [0.15, 0.2) is 0 Å². The zero-order valence-corrected chi connectivity index (χ0v) is 21.0. The quantitative estimate of drug-likeness (QED) is 0.351. The van der Waals surface area contributed by atoms with Crippen LogP contribution in [0.2, 0.25) is 9.86 Å². The van der Waals surface area contributed by atoms with E-state index in [1.54, 1.807) is 0 Å². The van der Waals surface area contributed by atoms with Crippen molar-refractivity contribution in [3.05, 3.63) is 34.2 Å². The first-order valence-electron chi connectivity index (χ1n) is 10.5. The fourth-order valence-corrected chi connectivity index (χ4v) is 8.28. The molecule has 0 radical (unpaired) electrons. The molecule has 1 unspecified atom stereocenters. The molecule has 0 saturated heterocycles. The van der Waals surface area contributed by atoms with E-state index in [0.717, 1.165) is 36.2 Å². The summed E-state index contributed by atoms with van der Waals surface area (Å²) in [4.78, 5) is 31.0. The molecule has 1 amide bonds. The van der Waals surface area contributed by atoms with Crippen LogP contribution in [0.15, 0.2) is 12.3 Å². The molecular weight excluding hydrogens is 529 g/mol. The summed E-state index contributed by atoms with van der Waals surface area (Å²) in [6, 6.07) is 1.09. The molecule has 0 bridgehead atoms. The molecule has 0 spiro atoms. The minimum atomic E-state index is -4.64.